The number of aryl methyl sites for hydroxylation is 2. The Morgan fingerprint density at radius 3 is 2.92 bits per heavy atom. The minimum absolute atomic E-state index is 0.0520. The van der Waals surface area contributed by atoms with Crippen molar-refractivity contribution in [2.45, 2.75) is 32.6 Å². The van der Waals surface area contributed by atoms with E-state index in [0.29, 0.717) is 0 Å². The molecule has 0 aliphatic heterocycles. The zero-order valence-electron chi connectivity index (χ0n) is 7.75. The van der Waals surface area contributed by atoms with E-state index in [1.54, 1.807) is 11.3 Å². The van der Waals surface area contributed by atoms with Crippen molar-refractivity contribution in [2.24, 2.45) is 5.41 Å². The summed E-state index contributed by atoms with van der Waals surface area (Å²) in [5.74, 6) is 0. The number of carbonyl (C=O) groups is 1. The minimum atomic E-state index is 0.0520. The summed E-state index contributed by atoms with van der Waals surface area (Å²) in [6, 6.07) is 0. The number of hydrogen-bond donors (Lipinski definition) is 0. The Morgan fingerprint density at radius 1 is 1.69 bits per heavy atom. The fraction of sp³-hybridized carbons (Fsp3) is 0.600. The molecule has 1 aliphatic carbocycles. The third-order valence-electron chi connectivity index (χ3n) is 2.84. The van der Waals surface area contributed by atoms with Crippen LogP contribution in [-0.4, -0.2) is 11.3 Å². The van der Waals surface area contributed by atoms with Gasteiger partial charge in [-0.2, -0.15) is 0 Å². The van der Waals surface area contributed by atoms with Crippen molar-refractivity contribution in [2.75, 3.05) is 0 Å². The quantitative estimate of drug-likeness (QED) is 0.690. The van der Waals surface area contributed by atoms with Crippen molar-refractivity contribution in [3.63, 3.8) is 0 Å². The average molecular weight is 195 g/mol. The number of rotatable bonds is 4. The number of hydrogen-bond acceptors (Lipinski definition) is 3. The van der Waals surface area contributed by atoms with Crippen LogP contribution in [0.25, 0.3) is 0 Å². The Balaban J connectivity index is 1.93. The SMILES string of the molecule is Cc1ncsc1CCC1(C=O)CC1. The van der Waals surface area contributed by atoms with Crippen molar-refractivity contribution in [3.8, 4) is 0 Å². The fourth-order valence-electron chi connectivity index (χ4n) is 1.52. The van der Waals surface area contributed by atoms with Gasteiger partial charge < -0.3 is 4.79 Å². The van der Waals surface area contributed by atoms with Crippen LogP contribution in [0.15, 0.2) is 5.51 Å². The highest BCUT2D eigenvalue weighted by molar-refractivity contribution is 7.09. The largest absolute Gasteiger partial charge is 0.303 e. The second kappa shape index (κ2) is 3.22. The Labute approximate surface area is 82.0 Å². The van der Waals surface area contributed by atoms with Gasteiger partial charge in [0.25, 0.3) is 0 Å². The predicted octanol–water partition coefficient (Wildman–Crippen LogP) is 2.36. The lowest BCUT2D eigenvalue weighted by Gasteiger charge is -2.04. The van der Waals surface area contributed by atoms with Crippen LogP contribution in [0.2, 0.25) is 0 Å². The van der Waals surface area contributed by atoms with Gasteiger partial charge in [0, 0.05) is 10.3 Å². The van der Waals surface area contributed by atoms with Crippen molar-refractivity contribution >= 4 is 17.6 Å². The van der Waals surface area contributed by atoms with E-state index in [4.69, 9.17) is 0 Å². The first-order valence-electron chi connectivity index (χ1n) is 4.61. The number of carbonyl (C=O) groups excluding carboxylic acids is 1. The van der Waals surface area contributed by atoms with Gasteiger partial charge in [-0.25, -0.2) is 4.98 Å². The van der Waals surface area contributed by atoms with E-state index >= 15 is 0 Å². The molecule has 0 amide bonds. The number of thiazole rings is 1. The molecule has 2 rings (SSSR count). The van der Waals surface area contributed by atoms with Crippen molar-refractivity contribution in [3.05, 3.63) is 16.1 Å². The minimum Gasteiger partial charge on any atom is -0.303 e. The first kappa shape index (κ1) is 8.88. The second-order valence-corrected chi connectivity index (χ2v) is 4.78. The Hall–Kier alpha value is -0.700. The van der Waals surface area contributed by atoms with Crippen LogP contribution < -0.4 is 0 Å². The van der Waals surface area contributed by atoms with Crippen LogP contribution in [0.4, 0.5) is 0 Å². The molecule has 1 aliphatic rings. The number of aldehydes is 1. The Morgan fingerprint density at radius 2 is 2.46 bits per heavy atom. The molecule has 0 aromatic carbocycles. The van der Waals surface area contributed by atoms with Gasteiger partial charge in [0.1, 0.15) is 6.29 Å². The zero-order chi connectivity index (χ0) is 9.31. The van der Waals surface area contributed by atoms with Gasteiger partial charge in [0.2, 0.25) is 0 Å². The molecule has 0 saturated heterocycles. The average Bonchev–Trinajstić information content (AvgIpc) is 2.82. The molecule has 0 radical (unpaired) electrons. The van der Waals surface area contributed by atoms with Crippen LogP contribution >= 0.6 is 11.3 Å². The van der Waals surface area contributed by atoms with Gasteiger partial charge in [-0.05, 0) is 32.6 Å². The molecule has 0 spiro atoms. The van der Waals surface area contributed by atoms with Crippen molar-refractivity contribution < 1.29 is 4.79 Å². The Bertz CT molecular complexity index is 314. The molecule has 1 heterocycles. The van der Waals surface area contributed by atoms with E-state index in [9.17, 15) is 4.79 Å². The molecule has 2 nitrogen and oxygen atoms in total. The molecule has 70 valence electrons. The standard InChI is InChI=1S/C10H13NOS/c1-8-9(13-7-11-8)2-3-10(6-12)4-5-10/h6-7H,2-5H2,1H3. The molecule has 3 heteroatoms. The van der Waals surface area contributed by atoms with Gasteiger partial charge in [-0.3, -0.25) is 0 Å². The van der Waals surface area contributed by atoms with Crippen LogP contribution in [0.3, 0.4) is 0 Å². The lowest BCUT2D eigenvalue weighted by atomic mass is 10.0. The van der Waals surface area contributed by atoms with Gasteiger partial charge in [-0.1, -0.05) is 0 Å². The molecule has 0 unspecified atom stereocenters. The van der Waals surface area contributed by atoms with Crippen molar-refractivity contribution in [1.29, 1.82) is 0 Å². The maximum atomic E-state index is 10.7. The highest BCUT2D eigenvalue weighted by Crippen LogP contribution is 2.47. The summed E-state index contributed by atoms with van der Waals surface area (Å²) in [5.41, 5.74) is 3.06. The third kappa shape index (κ3) is 1.80. The molecule has 0 N–H and O–H groups in total. The summed E-state index contributed by atoms with van der Waals surface area (Å²) in [6.07, 6.45) is 5.36. The molecule has 1 aromatic rings. The van der Waals surface area contributed by atoms with E-state index in [-0.39, 0.29) is 5.41 Å². The predicted molar refractivity (Wildman–Crippen MR) is 52.9 cm³/mol. The summed E-state index contributed by atoms with van der Waals surface area (Å²) >= 11 is 1.70. The van der Waals surface area contributed by atoms with E-state index in [0.717, 1.165) is 37.7 Å². The highest BCUT2D eigenvalue weighted by atomic mass is 32.1. The first-order valence-corrected chi connectivity index (χ1v) is 5.49. The highest BCUT2D eigenvalue weighted by Gasteiger charge is 2.41. The summed E-state index contributed by atoms with van der Waals surface area (Å²) in [7, 11) is 0. The second-order valence-electron chi connectivity index (χ2n) is 3.84. The molecule has 1 aromatic heterocycles. The van der Waals surface area contributed by atoms with Crippen LogP contribution in [0.1, 0.15) is 29.8 Å². The van der Waals surface area contributed by atoms with Gasteiger partial charge in [0.05, 0.1) is 11.2 Å². The summed E-state index contributed by atoms with van der Waals surface area (Å²) in [4.78, 5) is 16.3. The lowest BCUT2D eigenvalue weighted by Crippen LogP contribution is -2.03. The van der Waals surface area contributed by atoms with E-state index < -0.39 is 0 Å². The molecule has 13 heavy (non-hydrogen) atoms. The van der Waals surface area contributed by atoms with Crippen LogP contribution in [0.5, 0.6) is 0 Å². The zero-order valence-corrected chi connectivity index (χ0v) is 8.56. The van der Waals surface area contributed by atoms with Crippen LogP contribution in [-0.2, 0) is 11.2 Å². The van der Waals surface area contributed by atoms with E-state index in [1.807, 2.05) is 12.4 Å². The van der Waals surface area contributed by atoms with E-state index in [2.05, 4.69) is 4.98 Å². The van der Waals surface area contributed by atoms with E-state index in [1.165, 1.54) is 4.88 Å². The summed E-state index contributed by atoms with van der Waals surface area (Å²) < 4.78 is 0. The molecule has 0 bridgehead atoms. The molecule has 1 fully saturated rings. The lowest BCUT2D eigenvalue weighted by molar-refractivity contribution is -0.112. The normalized spacial score (nSPS) is 18.5. The van der Waals surface area contributed by atoms with Gasteiger partial charge in [-0.15, -0.1) is 11.3 Å². The molecule has 0 atom stereocenters. The van der Waals surface area contributed by atoms with Gasteiger partial charge in [0.15, 0.2) is 0 Å². The number of nitrogens with zero attached hydrogens (tertiary/aromatic N) is 1. The molecular formula is C10H13NOS. The first-order chi connectivity index (χ1) is 6.26. The topological polar surface area (TPSA) is 30.0 Å². The summed E-state index contributed by atoms with van der Waals surface area (Å²) in [6.45, 7) is 2.03. The Kier molecular flexibility index (Phi) is 2.20. The third-order valence-corrected chi connectivity index (χ3v) is 3.83. The van der Waals surface area contributed by atoms with Gasteiger partial charge >= 0.3 is 0 Å². The number of aromatic nitrogens is 1. The molecule has 1 saturated carbocycles. The van der Waals surface area contributed by atoms with Crippen molar-refractivity contribution in [1.82, 2.24) is 4.98 Å². The summed E-state index contributed by atoms with van der Waals surface area (Å²) in [5, 5.41) is 0. The van der Waals surface area contributed by atoms with Crippen LogP contribution in [0, 0.1) is 12.3 Å². The smallest absolute Gasteiger partial charge is 0.126 e. The molecular weight excluding hydrogens is 182 g/mol. The maximum absolute atomic E-state index is 10.7. The maximum Gasteiger partial charge on any atom is 0.126 e. The monoisotopic (exact) mass is 195 g/mol. The fourth-order valence-corrected chi connectivity index (χ4v) is 2.30.